The highest BCUT2D eigenvalue weighted by atomic mass is 16.1. The number of carbonyl (C=O) groups is 1. The molecule has 0 spiro atoms. The fourth-order valence-electron chi connectivity index (χ4n) is 1.15. The van der Waals surface area contributed by atoms with Crippen LogP contribution in [-0.4, -0.2) is 26.0 Å². The molecule has 0 amide bonds. The van der Waals surface area contributed by atoms with E-state index in [1.54, 1.807) is 12.1 Å². The van der Waals surface area contributed by atoms with E-state index in [9.17, 15) is 4.79 Å². The number of hydrogen-bond donors (Lipinski definition) is 0. The quantitative estimate of drug-likeness (QED) is 0.653. The predicted molar refractivity (Wildman–Crippen MR) is 49.3 cm³/mol. The van der Waals surface area contributed by atoms with E-state index in [1.165, 1.54) is 17.3 Å². The maximum atomic E-state index is 10.7. The van der Waals surface area contributed by atoms with Crippen LogP contribution < -0.4 is 0 Å². The maximum absolute atomic E-state index is 10.7. The first-order valence-corrected chi connectivity index (χ1v) is 4.09. The molecular weight excluding hydrogens is 180 g/mol. The molecule has 2 rings (SSSR count). The minimum absolute atomic E-state index is 0.501. The Labute approximate surface area is 80.4 Å². The van der Waals surface area contributed by atoms with Gasteiger partial charge in [-0.2, -0.15) is 5.10 Å². The maximum Gasteiger partial charge on any atom is 0.165 e. The third-order valence-electron chi connectivity index (χ3n) is 1.81. The van der Waals surface area contributed by atoms with E-state index in [2.05, 4.69) is 15.1 Å². The molecule has 0 fully saturated rings. The van der Waals surface area contributed by atoms with Crippen molar-refractivity contribution in [2.75, 3.05) is 0 Å². The fourth-order valence-corrected chi connectivity index (χ4v) is 1.15. The lowest BCUT2D eigenvalue weighted by atomic mass is 10.2. The minimum atomic E-state index is 0.501. The second-order valence-electron chi connectivity index (χ2n) is 2.82. The normalized spacial score (nSPS) is 10.1. The first-order valence-electron chi connectivity index (χ1n) is 4.09. The Morgan fingerprint density at radius 3 is 2.93 bits per heavy atom. The Bertz CT molecular complexity index is 450. The fraction of sp³-hybridized carbons (Fsp3) is 0.111. The summed E-state index contributed by atoms with van der Waals surface area (Å²) < 4.78 is 1.47. The molecule has 0 aliphatic rings. The van der Waals surface area contributed by atoms with Gasteiger partial charge in [-0.3, -0.25) is 4.79 Å². The molecule has 0 unspecified atom stereocenters. The van der Waals surface area contributed by atoms with Crippen LogP contribution in [0.1, 0.15) is 16.1 Å². The van der Waals surface area contributed by atoms with Crippen molar-refractivity contribution < 1.29 is 4.79 Å². The Morgan fingerprint density at radius 2 is 2.29 bits per heavy atom. The molecule has 2 aromatic rings. The Morgan fingerprint density at radius 1 is 1.43 bits per heavy atom. The molecular formula is C9H8N4O. The van der Waals surface area contributed by atoms with Gasteiger partial charge in [0.15, 0.2) is 12.1 Å². The van der Waals surface area contributed by atoms with Crippen molar-refractivity contribution in [3.05, 3.63) is 36.0 Å². The molecule has 0 saturated heterocycles. The number of aryl methyl sites for hydroxylation is 1. The van der Waals surface area contributed by atoms with Gasteiger partial charge in [0.25, 0.3) is 0 Å². The molecule has 0 radical (unpaired) electrons. The Hall–Kier alpha value is -2.04. The topological polar surface area (TPSA) is 60.7 Å². The zero-order valence-corrected chi connectivity index (χ0v) is 7.58. The van der Waals surface area contributed by atoms with Crippen molar-refractivity contribution >= 4 is 6.29 Å². The molecule has 0 aliphatic heterocycles. The van der Waals surface area contributed by atoms with Crippen LogP contribution in [0.25, 0.3) is 5.82 Å². The Kier molecular flexibility index (Phi) is 2.06. The Balaban J connectivity index is 2.61. The molecule has 0 aromatic carbocycles. The third kappa shape index (κ3) is 1.39. The number of hydrogen-bond acceptors (Lipinski definition) is 4. The largest absolute Gasteiger partial charge is 0.298 e. The SMILES string of the molecule is Cc1ccc(C=O)c(-n2cncn2)n1. The molecule has 0 aliphatic carbocycles. The zero-order chi connectivity index (χ0) is 9.97. The first-order chi connectivity index (χ1) is 6.81. The van der Waals surface area contributed by atoms with E-state index in [0.29, 0.717) is 11.4 Å². The summed E-state index contributed by atoms with van der Waals surface area (Å²) in [4.78, 5) is 18.7. The van der Waals surface area contributed by atoms with Gasteiger partial charge >= 0.3 is 0 Å². The molecule has 5 heteroatoms. The first kappa shape index (κ1) is 8.55. The average molecular weight is 188 g/mol. The molecule has 0 atom stereocenters. The van der Waals surface area contributed by atoms with E-state index in [4.69, 9.17) is 0 Å². The third-order valence-corrected chi connectivity index (χ3v) is 1.81. The van der Waals surface area contributed by atoms with E-state index in [0.717, 1.165) is 12.0 Å². The summed E-state index contributed by atoms with van der Waals surface area (Å²) in [5, 5.41) is 3.92. The predicted octanol–water partition coefficient (Wildman–Crippen LogP) is 0.783. The molecule has 2 heterocycles. The lowest BCUT2D eigenvalue weighted by Crippen LogP contribution is -2.03. The summed E-state index contributed by atoms with van der Waals surface area (Å²) in [6.45, 7) is 1.86. The van der Waals surface area contributed by atoms with Crippen molar-refractivity contribution in [2.24, 2.45) is 0 Å². The molecule has 5 nitrogen and oxygen atoms in total. The van der Waals surface area contributed by atoms with E-state index >= 15 is 0 Å². The van der Waals surface area contributed by atoms with Crippen LogP contribution in [0.3, 0.4) is 0 Å². The summed E-state index contributed by atoms with van der Waals surface area (Å²) in [7, 11) is 0. The number of pyridine rings is 1. The van der Waals surface area contributed by atoms with Crippen molar-refractivity contribution in [2.45, 2.75) is 6.92 Å². The van der Waals surface area contributed by atoms with Crippen molar-refractivity contribution in [1.82, 2.24) is 19.7 Å². The van der Waals surface area contributed by atoms with Crippen LogP contribution in [0.2, 0.25) is 0 Å². The van der Waals surface area contributed by atoms with Crippen LogP contribution in [0.4, 0.5) is 0 Å². The number of carbonyl (C=O) groups excluding carboxylic acids is 1. The van der Waals surface area contributed by atoms with Gasteiger partial charge in [-0.05, 0) is 19.1 Å². The monoisotopic (exact) mass is 188 g/mol. The molecule has 2 aromatic heterocycles. The summed E-state index contributed by atoms with van der Waals surface area (Å²) >= 11 is 0. The van der Waals surface area contributed by atoms with Gasteiger partial charge in [0.05, 0.1) is 5.56 Å². The average Bonchev–Trinajstić information content (AvgIpc) is 2.70. The lowest BCUT2D eigenvalue weighted by Gasteiger charge is -2.03. The minimum Gasteiger partial charge on any atom is -0.298 e. The van der Waals surface area contributed by atoms with Gasteiger partial charge in [-0.1, -0.05) is 0 Å². The van der Waals surface area contributed by atoms with Crippen LogP contribution in [-0.2, 0) is 0 Å². The van der Waals surface area contributed by atoms with Crippen molar-refractivity contribution in [3.63, 3.8) is 0 Å². The molecule has 0 saturated carbocycles. The smallest absolute Gasteiger partial charge is 0.165 e. The van der Waals surface area contributed by atoms with Gasteiger partial charge in [0.1, 0.15) is 12.7 Å². The highest BCUT2D eigenvalue weighted by Gasteiger charge is 2.05. The van der Waals surface area contributed by atoms with Gasteiger partial charge in [-0.15, -0.1) is 0 Å². The van der Waals surface area contributed by atoms with Gasteiger partial charge in [0.2, 0.25) is 0 Å². The molecule has 14 heavy (non-hydrogen) atoms. The highest BCUT2D eigenvalue weighted by Crippen LogP contribution is 2.08. The molecule has 70 valence electrons. The number of aromatic nitrogens is 4. The summed E-state index contributed by atoms with van der Waals surface area (Å²) in [5.41, 5.74) is 1.34. The van der Waals surface area contributed by atoms with Crippen LogP contribution in [0.15, 0.2) is 24.8 Å². The zero-order valence-electron chi connectivity index (χ0n) is 7.58. The van der Waals surface area contributed by atoms with E-state index < -0.39 is 0 Å². The van der Waals surface area contributed by atoms with Crippen LogP contribution in [0.5, 0.6) is 0 Å². The van der Waals surface area contributed by atoms with Gasteiger partial charge in [-0.25, -0.2) is 14.6 Å². The van der Waals surface area contributed by atoms with Crippen LogP contribution in [0, 0.1) is 6.92 Å². The van der Waals surface area contributed by atoms with Crippen molar-refractivity contribution in [1.29, 1.82) is 0 Å². The molecule has 0 bridgehead atoms. The van der Waals surface area contributed by atoms with Gasteiger partial charge < -0.3 is 0 Å². The number of nitrogens with zero attached hydrogens (tertiary/aromatic N) is 4. The van der Waals surface area contributed by atoms with Crippen molar-refractivity contribution in [3.8, 4) is 5.82 Å². The van der Waals surface area contributed by atoms with Crippen LogP contribution >= 0.6 is 0 Å². The second kappa shape index (κ2) is 3.37. The molecule has 0 N–H and O–H groups in total. The van der Waals surface area contributed by atoms with E-state index in [1.807, 2.05) is 6.92 Å². The van der Waals surface area contributed by atoms with Gasteiger partial charge in [0, 0.05) is 5.69 Å². The summed E-state index contributed by atoms with van der Waals surface area (Å²) in [6.07, 6.45) is 3.66. The number of aldehydes is 1. The summed E-state index contributed by atoms with van der Waals surface area (Å²) in [5.74, 6) is 0.512. The van der Waals surface area contributed by atoms with E-state index in [-0.39, 0.29) is 0 Å². The second-order valence-corrected chi connectivity index (χ2v) is 2.82. The number of rotatable bonds is 2. The highest BCUT2D eigenvalue weighted by molar-refractivity contribution is 5.79. The summed E-state index contributed by atoms with van der Waals surface area (Å²) in [6, 6.07) is 3.50. The standard InChI is InChI=1S/C9H8N4O/c1-7-2-3-8(4-14)9(12-7)13-6-10-5-11-13/h2-6H,1H3. The lowest BCUT2D eigenvalue weighted by molar-refractivity contribution is 0.112.